The molecular formula is C18H24ClN3O4. The van der Waals surface area contributed by atoms with E-state index in [1.807, 2.05) is 13.0 Å². The number of urea groups is 1. The van der Waals surface area contributed by atoms with Crippen LogP contribution >= 0.6 is 11.6 Å². The lowest BCUT2D eigenvalue weighted by atomic mass is 10.1. The van der Waals surface area contributed by atoms with E-state index in [4.69, 9.17) is 16.7 Å². The predicted octanol–water partition coefficient (Wildman–Crippen LogP) is 2.97. The summed E-state index contributed by atoms with van der Waals surface area (Å²) in [4.78, 5) is 38.3. The number of hydrogen-bond acceptors (Lipinski definition) is 3. The molecule has 1 saturated heterocycles. The fourth-order valence-corrected chi connectivity index (χ4v) is 2.92. The van der Waals surface area contributed by atoms with Gasteiger partial charge in [0.1, 0.15) is 0 Å². The van der Waals surface area contributed by atoms with Crippen LogP contribution in [0.25, 0.3) is 0 Å². The first kappa shape index (κ1) is 20.0. The van der Waals surface area contributed by atoms with Gasteiger partial charge in [-0.25, -0.2) is 4.79 Å². The molecule has 0 atom stereocenters. The van der Waals surface area contributed by atoms with Gasteiger partial charge in [0, 0.05) is 49.7 Å². The summed E-state index contributed by atoms with van der Waals surface area (Å²) in [6.45, 7) is 3.80. The van der Waals surface area contributed by atoms with Crippen LogP contribution in [0.1, 0.15) is 31.2 Å². The number of amides is 3. The van der Waals surface area contributed by atoms with E-state index in [2.05, 4.69) is 5.32 Å². The van der Waals surface area contributed by atoms with E-state index >= 15 is 0 Å². The van der Waals surface area contributed by atoms with Crippen molar-refractivity contribution < 1.29 is 19.5 Å². The smallest absolute Gasteiger partial charge is 0.321 e. The fourth-order valence-electron chi connectivity index (χ4n) is 2.74. The third-order valence-corrected chi connectivity index (χ3v) is 4.78. The summed E-state index contributed by atoms with van der Waals surface area (Å²) in [5, 5.41) is 12.0. The summed E-state index contributed by atoms with van der Waals surface area (Å²) < 4.78 is 0. The van der Waals surface area contributed by atoms with Crippen molar-refractivity contribution in [3.8, 4) is 0 Å². The van der Waals surface area contributed by atoms with Gasteiger partial charge in [-0.3, -0.25) is 9.59 Å². The third-order valence-electron chi connectivity index (χ3n) is 4.37. The Morgan fingerprint density at radius 3 is 2.31 bits per heavy atom. The van der Waals surface area contributed by atoms with Crippen molar-refractivity contribution in [2.24, 2.45) is 0 Å². The van der Waals surface area contributed by atoms with E-state index in [0.717, 1.165) is 5.56 Å². The first-order valence-electron chi connectivity index (χ1n) is 8.68. The minimum atomic E-state index is -0.841. The molecule has 0 radical (unpaired) electrons. The molecule has 1 aromatic carbocycles. The molecule has 0 unspecified atom stereocenters. The molecular weight excluding hydrogens is 358 g/mol. The zero-order valence-electron chi connectivity index (χ0n) is 14.8. The highest BCUT2D eigenvalue weighted by molar-refractivity contribution is 6.31. The van der Waals surface area contributed by atoms with Gasteiger partial charge in [-0.15, -0.1) is 0 Å². The van der Waals surface area contributed by atoms with Crippen molar-refractivity contribution in [1.82, 2.24) is 9.80 Å². The Kier molecular flexibility index (Phi) is 7.26. The van der Waals surface area contributed by atoms with Crippen molar-refractivity contribution in [3.05, 3.63) is 28.8 Å². The second kappa shape index (κ2) is 9.43. The van der Waals surface area contributed by atoms with Gasteiger partial charge in [0.2, 0.25) is 5.91 Å². The van der Waals surface area contributed by atoms with Gasteiger partial charge in [-0.05, 0) is 37.5 Å². The first-order chi connectivity index (χ1) is 12.4. The number of hydrogen-bond donors (Lipinski definition) is 2. The number of carboxylic acids is 1. The zero-order valence-corrected chi connectivity index (χ0v) is 15.6. The molecule has 142 valence electrons. The summed E-state index contributed by atoms with van der Waals surface area (Å²) >= 11 is 6.06. The topological polar surface area (TPSA) is 90.0 Å². The molecule has 0 saturated carbocycles. The van der Waals surface area contributed by atoms with Gasteiger partial charge in [-0.1, -0.05) is 17.7 Å². The van der Waals surface area contributed by atoms with Crippen LogP contribution < -0.4 is 5.32 Å². The van der Waals surface area contributed by atoms with Gasteiger partial charge in [-0.2, -0.15) is 0 Å². The molecule has 2 rings (SSSR count). The van der Waals surface area contributed by atoms with Crippen molar-refractivity contribution in [2.75, 3.05) is 31.5 Å². The van der Waals surface area contributed by atoms with Crippen molar-refractivity contribution in [1.29, 1.82) is 0 Å². The van der Waals surface area contributed by atoms with Crippen LogP contribution in [0.15, 0.2) is 18.2 Å². The standard InChI is InChI=1S/C18H24ClN3O4/c1-13-6-7-14(12-15(13)19)20-18(26)22-10-8-21(9-11-22)16(23)4-2-3-5-17(24)25/h6-7,12H,2-5,8-11H2,1H3,(H,20,26)(H,24,25). The molecule has 8 heteroatoms. The average molecular weight is 382 g/mol. The lowest BCUT2D eigenvalue weighted by Crippen LogP contribution is -2.51. The van der Waals surface area contributed by atoms with Crippen molar-refractivity contribution >= 4 is 35.2 Å². The minimum absolute atomic E-state index is 0.0146. The summed E-state index contributed by atoms with van der Waals surface area (Å²) in [6.07, 6.45) is 1.51. The number of unbranched alkanes of at least 4 members (excludes halogenated alkanes) is 1. The molecule has 0 bridgehead atoms. The quantitative estimate of drug-likeness (QED) is 0.741. The maximum Gasteiger partial charge on any atom is 0.321 e. The maximum atomic E-state index is 12.3. The molecule has 1 aromatic rings. The van der Waals surface area contributed by atoms with E-state index in [1.54, 1.807) is 21.9 Å². The Labute approximate surface area is 157 Å². The molecule has 1 heterocycles. The number of anilines is 1. The van der Waals surface area contributed by atoms with Gasteiger partial charge in [0.05, 0.1) is 0 Å². The largest absolute Gasteiger partial charge is 0.481 e. The SMILES string of the molecule is Cc1ccc(NC(=O)N2CCN(C(=O)CCCCC(=O)O)CC2)cc1Cl. The summed E-state index contributed by atoms with van der Waals surface area (Å²) in [6, 6.07) is 5.15. The van der Waals surface area contributed by atoms with Crippen LogP contribution in [-0.2, 0) is 9.59 Å². The van der Waals surface area contributed by atoms with E-state index in [9.17, 15) is 14.4 Å². The molecule has 0 aliphatic carbocycles. The van der Waals surface area contributed by atoms with Gasteiger partial charge in [0.15, 0.2) is 0 Å². The number of carboxylic acid groups (broad SMARTS) is 1. The van der Waals surface area contributed by atoms with Gasteiger partial charge in [0.25, 0.3) is 0 Å². The van der Waals surface area contributed by atoms with E-state index in [0.29, 0.717) is 56.2 Å². The number of piperazine rings is 1. The van der Waals surface area contributed by atoms with Crippen LogP contribution in [0.3, 0.4) is 0 Å². The highest BCUT2D eigenvalue weighted by Crippen LogP contribution is 2.20. The zero-order chi connectivity index (χ0) is 19.1. The number of nitrogens with zero attached hydrogens (tertiary/aromatic N) is 2. The van der Waals surface area contributed by atoms with Crippen LogP contribution in [-0.4, -0.2) is 59.0 Å². The lowest BCUT2D eigenvalue weighted by Gasteiger charge is -2.34. The van der Waals surface area contributed by atoms with Gasteiger partial charge >= 0.3 is 12.0 Å². The highest BCUT2D eigenvalue weighted by Gasteiger charge is 2.24. The van der Waals surface area contributed by atoms with E-state index < -0.39 is 5.97 Å². The summed E-state index contributed by atoms with van der Waals surface area (Å²) in [5.41, 5.74) is 1.59. The fraction of sp³-hybridized carbons (Fsp3) is 0.500. The monoisotopic (exact) mass is 381 g/mol. The van der Waals surface area contributed by atoms with Crippen LogP contribution in [0.4, 0.5) is 10.5 Å². The van der Waals surface area contributed by atoms with Crippen LogP contribution in [0.2, 0.25) is 5.02 Å². The molecule has 0 spiro atoms. The number of halogens is 1. The molecule has 1 fully saturated rings. The van der Waals surface area contributed by atoms with E-state index in [-0.39, 0.29) is 18.4 Å². The second-order valence-corrected chi connectivity index (χ2v) is 6.77. The number of benzene rings is 1. The lowest BCUT2D eigenvalue weighted by molar-refractivity contribution is -0.137. The number of carbonyl (C=O) groups is 3. The molecule has 3 amide bonds. The van der Waals surface area contributed by atoms with Crippen molar-refractivity contribution in [3.63, 3.8) is 0 Å². The second-order valence-electron chi connectivity index (χ2n) is 6.36. The van der Waals surface area contributed by atoms with Crippen LogP contribution in [0.5, 0.6) is 0 Å². The van der Waals surface area contributed by atoms with E-state index in [1.165, 1.54) is 0 Å². The molecule has 1 aliphatic heterocycles. The summed E-state index contributed by atoms with van der Waals surface area (Å²) in [7, 11) is 0. The average Bonchev–Trinajstić information content (AvgIpc) is 2.61. The normalized spacial score (nSPS) is 14.2. The number of aliphatic carboxylic acids is 1. The first-order valence-corrected chi connectivity index (χ1v) is 9.06. The number of aryl methyl sites for hydroxylation is 1. The number of nitrogens with one attached hydrogen (secondary N) is 1. The Hall–Kier alpha value is -2.28. The Balaban J connectivity index is 1.74. The Bertz CT molecular complexity index is 672. The van der Waals surface area contributed by atoms with Gasteiger partial charge < -0.3 is 20.2 Å². The van der Waals surface area contributed by atoms with Crippen molar-refractivity contribution in [2.45, 2.75) is 32.6 Å². The molecule has 0 aromatic heterocycles. The maximum absolute atomic E-state index is 12.3. The minimum Gasteiger partial charge on any atom is -0.481 e. The third kappa shape index (κ3) is 5.91. The predicted molar refractivity (Wildman–Crippen MR) is 99.5 cm³/mol. The highest BCUT2D eigenvalue weighted by atomic mass is 35.5. The number of rotatable bonds is 6. The van der Waals surface area contributed by atoms with Crippen LogP contribution in [0, 0.1) is 6.92 Å². The molecule has 1 aliphatic rings. The molecule has 2 N–H and O–H groups in total. The molecule has 7 nitrogen and oxygen atoms in total. The molecule has 26 heavy (non-hydrogen) atoms. The number of carbonyl (C=O) groups excluding carboxylic acids is 2. The summed E-state index contributed by atoms with van der Waals surface area (Å²) in [5.74, 6) is -0.826. The Morgan fingerprint density at radius 1 is 1.08 bits per heavy atom. The Morgan fingerprint density at radius 2 is 1.69 bits per heavy atom.